The molecule has 8 nitrogen and oxygen atoms in total. The first kappa shape index (κ1) is 24.2. The summed E-state index contributed by atoms with van der Waals surface area (Å²) in [6.07, 6.45) is -0.354. The maximum absolute atomic E-state index is 10.5. The van der Waals surface area contributed by atoms with Crippen molar-refractivity contribution in [1.82, 2.24) is 0 Å². The van der Waals surface area contributed by atoms with Crippen LogP contribution in [0.5, 0.6) is 0 Å². The molecular weight excluding hydrogens is 284 g/mol. The molecule has 21 heavy (non-hydrogen) atoms. The predicted molar refractivity (Wildman–Crippen MR) is 73.3 cm³/mol. The molecule has 0 heterocycles. The van der Waals surface area contributed by atoms with Crippen LogP contribution in [0.15, 0.2) is 0 Å². The van der Waals surface area contributed by atoms with Gasteiger partial charge >= 0.3 is 11.9 Å². The smallest absolute Gasteiger partial charge is 0.315 e. The Bertz CT molecular complexity index is 292. The summed E-state index contributed by atoms with van der Waals surface area (Å²) in [5.41, 5.74) is 0. The Labute approximate surface area is 124 Å². The number of carbonyl (C=O) groups is 4. The SMILES string of the molecule is C.COCOC(=O)CC(C)=O.COCOC(=O)CC(C)=O. The summed E-state index contributed by atoms with van der Waals surface area (Å²) in [7, 11) is 2.81. The van der Waals surface area contributed by atoms with Gasteiger partial charge in [0.1, 0.15) is 24.4 Å². The molecule has 0 aromatic carbocycles. The third-order valence-electron chi connectivity index (χ3n) is 1.46. The zero-order valence-corrected chi connectivity index (χ0v) is 12.1. The lowest BCUT2D eigenvalue weighted by Gasteiger charge is -1.99. The largest absolute Gasteiger partial charge is 0.438 e. The van der Waals surface area contributed by atoms with Gasteiger partial charge in [-0.15, -0.1) is 0 Å². The maximum atomic E-state index is 10.5. The van der Waals surface area contributed by atoms with Crippen molar-refractivity contribution in [2.24, 2.45) is 0 Å². The van der Waals surface area contributed by atoms with E-state index in [1.807, 2.05) is 0 Å². The molecule has 0 atom stereocenters. The lowest BCUT2D eigenvalue weighted by atomic mass is 10.3. The topological polar surface area (TPSA) is 105 Å². The van der Waals surface area contributed by atoms with E-state index in [2.05, 4.69) is 18.9 Å². The highest BCUT2D eigenvalue weighted by Gasteiger charge is 2.05. The summed E-state index contributed by atoms with van der Waals surface area (Å²) >= 11 is 0. The van der Waals surface area contributed by atoms with Crippen LogP contribution in [0, 0.1) is 0 Å². The highest BCUT2D eigenvalue weighted by Crippen LogP contribution is 1.87. The fourth-order valence-corrected chi connectivity index (χ4v) is 0.758. The van der Waals surface area contributed by atoms with E-state index in [9.17, 15) is 19.2 Å². The fourth-order valence-electron chi connectivity index (χ4n) is 0.758. The van der Waals surface area contributed by atoms with Crippen LogP contribution in [-0.2, 0) is 38.1 Å². The van der Waals surface area contributed by atoms with Gasteiger partial charge in [-0.3, -0.25) is 19.2 Å². The number of rotatable bonds is 8. The fraction of sp³-hybridized carbons (Fsp3) is 0.692. The second kappa shape index (κ2) is 16.3. The third kappa shape index (κ3) is 23.7. The van der Waals surface area contributed by atoms with Crippen molar-refractivity contribution in [1.29, 1.82) is 0 Å². The maximum Gasteiger partial charge on any atom is 0.315 e. The van der Waals surface area contributed by atoms with Gasteiger partial charge in [-0.25, -0.2) is 0 Å². The summed E-state index contributed by atoms with van der Waals surface area (Å²) in [6, 6.07) is 0. The second-order valence-corrected chi connectivity index (χ2v) is 3.60. The molecule has 0 aliphatic carbocycles. The molecule has 124 valence electrons. The van der Waals surface area contributed by atoms with Crippen molar-refractivity contribution in [2.45, 2.75) is 34.1 Å². The summed E-state index contributed by atoms with van der Waals surface area (Å²) < 4.78 is 17.7. The van der Waals surface area contributed by atoms with E-state index in [1.165, 1.54) is 28.1 Å². The van der Waals surface area contributed by atoms with Crippen LogP contribution in [0.25, 0.3) is 0 Å². The van der Waals surface area contributed by atoms with Crippen LogP contribution in [-0.4, -0.2) is 51.3 Å². The van der Waals surface area contributed by atoms with Crippen LogP contribution in [0.3, 0.4) is 0 Å². The van der Waals surface area contributed by atoms with E-state index >= 15 is 0 Å². The zero-order valence-electron chi connectivity index (χ0n) is 12.1. The van der Waals surface area contributed by atoms with Crippen molar-refractivity contribution in [3.63, 3.8) is 0 Å². The number of Topliss-reactive ketones (excluding diaryl/α,β-unsaturated/α-hetero) is 2. The van der Waals surface area contributed by atoms with Gasteiger partial charge in [0, 0.05) is 14.2 Å². The first-order valence-electron chi connectivity index (χ1n) is 5.61. The molecule has 8 heteroatoms. The highest BCUT2D eigenvalue weighted by atomic mass is 16.7. The third-order valence-corrected chi connectivity index (χ3v) is 1.46. The van der Waals surface area contributed by atoms with Crippen molar-refractivity contribution in [3.05, 3.63) is 0 Å². The summed E-state index contributed by atoms with van der Waals surface area (Å²) in [6.45, 7) is 2.47. The number of hydrogen-bond acceptors (Lipinski definition) is 8. The van der Waals surface area contributed by atoms with Crippen molar-refractivity contribution in [2.75, 3.05) is 27.8 Å². The first-order chi connectivity index (χ1) is 9.33. The summed E-state index contributed by atoms with van der Waals surface area (Å²) in [5.74, 6) is -1.51. The Balaban J connectivity index is -0.000000295. The number of ether oxygens (including phenoxy) is 4. The minimum Gasteiger partial charge on any atom is -0.438 e. The molecule has 0 saturated heterocycles. The molecule has 0 rings (SSSR count). The molecule has 0 unspecified atom stereocenters. The van der Waals surface area contributed by atoms with Crippen LogP contribution < -0.4 is 0 Å². The number of ketones is 2. The van der Waals surface area contributed by atoms with Crippen LogP contribution >= 0.6 is 0 Å². The van der Waals surface area contributed by atoms with Gasteiger partial charge in [0.05, 0.1) is 0 Å². The molecule has 0 fully saturated rings. The summed E-state index contributed by atoms with van der Waals surface area (Å²) in [4.78, 5) is 41.5. The Morgan fingerprint density at radius 3 is 1.19 bits per heavy atom. The highest BCUT2D eigenvalue weighted by molar-refractivity contribution is 5.94. The first-order valence-corrected chi connectivity index (χ1v) is 5.61. The number of hydrogen-bond donors (Lipinski definition) is 0. The van der Waals surface area contributed by atoms with Gasteiger partial charge in [0.25, 0.3) is 0 Å². The van der Waals surface area contributed by atoms with Crippen molar-refractivity contribution >= 4 is 23.5 Å². The second-order valence-electron chi connectivity index (χ2n) is 3.60. The number of methoxy groups -OCH3 is 2. The Morgan fingerprint density at radius 1 is 0.714 bits per heavy atom. The lowest BCUT2D eigenvalue weighted by molar-refractivity contribution is -0.156. The molecule has 0 aromatic rings. The molecular formula is C13H24O8. The quantitative estimate of drug-likeness (QED) is 0.369. The average Bonchev–Trinajstić information content (AvgIpc) is 2.33. The molecule has 0 aliphatic rings. The van der Waals surface area contributed by atoms with Crippen LogP contribution in [0.4, 0.5) is 0 Å². The lowest BCUT2D eigenvalue weighted by Crippen LogP contribution is -2.10. The Kier molecular flexibility index (Phi) is 18.8. The van der Waals surface area contributed by atoms with Gasteiger partial charge in [-0.2, -0.15) is 0 Å². The standard InChI is InChI=1S/2C6H10O4.CH4/c2*1-5(7)3-6(8)10-4-9-2;/h2*3-4H2,1-2H3;1H4. The van der Waals surface area contributed by atoms with Crippen molar-refractivity contribution in [3.8, 4) is 0 Å². The Hall–Kier alpha value is -1.80. The molecule has 0 amide bonds. The zero-order chi connectivity index (χ0) is 16.0. The molecule has 0 N–H and O–H groups in total. The van der Waals surface area contributed by atoms with E-state index in [0.717, 1.165) is 0 Å². The van der Waals surface area contributed by atoms with Gasteiger partial charge in [-0.05, 0) is 13.8 Å². The average molecular weight is 308 g/mol. The van der Waals surface area contributed by atoms with Gasteiger partial charge < -0.3 is 18.9 Å². The molecule has 0 spiro atoms. The monoisotopic (exact) mass is 308 g/mol. The minimum atomic E-state index is -0.547. The van der Waals surface area contributed by atoms with E-state index in [0.29, 0.717) is 0 Å². The van der Waals surface area contributed by atoms with Gasteiger partial charge in [0.15, 0.2) is 13.6 Å². The molecule has 0 bridgehead atoms. The van der Waals surface area contributed by atoms with Crippen LogP contribution in [0.1, 0.15) is 34.1 Å². The van der Waals surface area contributed by atoms with E-state index in [4.69, 9.17) is 0 Å². The van der Waals surface area contributed by atoms with E-state index < -0.39 is 11.9 Å². The van der Waals surface area contributed by atoms with Gasteiger partial charge in [-0.1, -0.05) is 7.43 Å². The van der Waals surface area contributed by atoms with Gasteiger partial charge in [0.2, 0.25) is 0 Å². The number of esters is 2. The van der Waals surface area contributed by atoms with E-state index in [-0.39, 0.29) is 45.4 Å². The van der Waals surface area contributed by atoms with Crippen LogP contribution in [0.2, 0.25) is 0 Å². The number of carbonyl (C=O) groups excluding carboxylic acids is 4. The molecule has 0 aromatic heterocycles. The Morgan fingerprint density at radius 2 is 1.00 bits per heavy atom. The molecule has 0 saturated carbocycles. The minimum absolute atomic E-state index is 0. The predicted octanol–water partition coefficient (Wildman–Crippen LogP) is 0.861. The normalized spacial score (nSPS) is 8.57. The van der Waals surface area contributed by atoms with E-state index in [1.54, 1.807) is 0 Å². The molecule has 0 aliphatic heterocycles. The summed E-state index contributed by atoms with van der Waals surface area (Å²) in [5, 5.41) is 0. The molecule has 0 radical (unpaired) electrons. The van der Waals surface area contributed by atoms with Crippen molar-refractivity contribution < 1.29 is 38.1 Å².